The van der Waals surface area contributed by atoms with E-state index in [4.69, 9.17) is 0 Å². The second kappa shape index (κ2) is 9.52. The summed E-state index contributed by atoms with van der Waals surface area (Å²) in [6, 6.07) is 12.4. The zero-order valence-electron chi connectivity index (χ0n) is 17.2. The predicted molar refractivity (Wildman–Crippen MR) is 114 cm³/mol. The lowest BCUT2D eigenvalue weighted by atomic mass is 9.96. The summed E-state index contributed by atoms with van der Waals surface area (Å²) in [5.41, 5.74) is 1.71. The Morgan fingerprint density at radius 3 is 2.17 bits per heavy atom. The SMILES string of the molecule is CC(C)C(=O)Nc1ccc(NC(=O)C2CCCN(C(=O)c3ccc(F)cc3)C2)cc1. The molecular weight excluding hydrogens is 385 g/mol. The summed E-state index contributed by atoms with van der Waals surface area (Å²) in [6.45, 7) is 4.53. The van der Waals surface area contributed by atoms with E-state index in [-0.39, 0.29) is 29.6 Å². The molecule has 7 heteroatoms. The van der Waals surface area contributed by atoms with Crippen molar-refractivity contribution in [3.05, 3.63) is 59.9 Å². The van der Waals surface area contributed by atoms with Crippen molar-refractivity contribution < 1.29 is 18.8 Å². The van der Waals surface area contributed by atoms with Crippen LogP contribution in [0.1, 0.15) is 37.0 Å². The molecule has 2 aromatic carbocycles. The predicted octanol–water partition coefficient (Wildman–Crippen LogP) is 3.91. The summed E-state index contributed by atoms with van der Waals surface area (Å²) in [7, 11) is 0. The Kier molecular flexibility index (Phi) is 6.82. The standard InChI is InChI=1S/C23H26FN3O3/c1-15(2)21(28)25-19-9-11-20(12-10-19)26-22(29)17-4-3-13-27(14-17)23(30)16-5-7-18(24)8-6-16/h5-12,15,17H,3-4,13-14H2,1-2H3,(H,25,28)(H,26,29). The molecule has 1 saturated heterocycles. The maximum absolute atomic E-state index is 13.1. The molecule has 1 aliphatic rings. The fourth-order valence-electron chi connectivity index (χ4n) is 3.32. The number of hydrogen-bond acceptors (Lipinski definition) is 3. The van der Waals surface area contributed by atoms with Crippen LogP contribution in [0.25, 0.3) is 0 Å². The molecule has 1 unspecified atom stereocenters. The van der Waals surface area contributed by atoms with Gasteiger partial charge in [-0.3, -0.25) is 14.4 Å². The van der Waals surface area contributed by atoms with E-state index in [0.717, 1.165) is 6.42 Å². The Morgan fingerprint density at radius 1 is 0.967 bits per heavy atom. The number of hydrogen-bond donors (Lipinski definition) is 2. The molecule has 158 valence electrons. The lowest BCUT2D eigenvalue weighted by Gasteiger charge is -2.32. The number of carbonyl (C=O) groups excluding carboxylic acids is 3. The average molecular weight is 411 g/mol. The first-order valence-corrected chi connectivity index (χ1v) is 10.1. The molecule has 1 aliphatic heterocycles. The highest BCUT2D eigenvalue weighted by Gasteiger charge is 2.29. The first kappa shape index (κ1) is 21.5. The highest BCUT2D eigenvalue weighted by molar-refractivity contribution is 5.96. The average Bonchev–Trinajstić information content (AvgIpc) is 2.75. The maximum atomic E-state index is 13.1. The summed E-state index contributed by atoms with van der Waals surface area (Å²) < 4.78 is 13.1. The van der Waals surface area contributed by atoms with Gasteiger partial charge in [0.15, 0.2) is 0 Å². The highest BCUT2D eigenvalue weighted by Crippen LogP contribution is 2.22. The van der Waals surface area contributed by atoms with Crippen molar-refractivity contribution in [2.24, 2.45) is 11.8 Å². The van der Waals surface area contributed by atoms with Gasteiger partial charge in [-0.15, -0.1) is 0 Å². The lowest BCUT2D eigenvalue weighted by molar-refractivity contribution is -0.121. The second-order valence-corrected chi connectivity index (χ2v) is 7.81. The molecule has 1 atom stereocenters. The summed E-state index contributed by atoms with van der Waals surface area (Å²) in [5, 5.41) is 5.69. The molecule has 0 saturated carbocycles. The van der Waals surface area contributed by atoms with Crippen LogP contribution >= 0.6 is 0 Å². The first-order valence-electron chi connectivity index (χ1n) is 10.1. The Hall–Kier alpha value is -3.22. The van der Waals surface area contributed by atoms with Crippen molar-refractivity contribution in [1.29, 1.82) is 0 Å². The second-order valence-electron chi connectivity index (χ2n) is 7.81. The molecule has 30 heavy (non-hydrogen) atoms. The third kappa shape index (κ3) is 5.43. The number of nitrogens with one attached hydrogen (secondary N) is 2. The van der Waals surface area contributed by atoms with E-state index >= 15 is 0 Å². The van der Waals surface area contributed by atoms with E-state index in [1.54, 1.807) is 29.2 Å². The van der Waals surface area contributed by atoms with E-state index in [1.165, 1.54) is 24.3 Å². The summed E-state index contributed by atoms with van der Waals surface area (Å²) in [6.07, 6.45) is 1.42. The van der Waals surface area contributed by atoms with Gasteiger partial charge in [0.05, 0.1) is 5.92 Å². The van der Waals surface area contributed by atoms with Gasteiger partial charge in [0.2, 0.25) is 11.8 Å². The van der Waals surface area contributed by atoms with Crippen molar-refractivity contribution in [3.8, 4) is 0 Å². The van der Waals surface area contributed by atoms with Gasteiger partial charge in [-0.05, 0) is 61.4 Å². The third-order valence-electron chi connectivity index (χ3n) is 5.11. The van der Waals surface area contributed by atoms with Gasteiger partial charge >= 0.3 is 0 Å². The molecule has 0 aliphatic carbocycles. The van der Waals surface area contributed by atoms with Gasteiger partial charge in [-0.2, -0.15) is 0 Å². The normalized spacial score (nSPS) is 16.3. The van der Waals surface area contributed by atoms with E-state index in [1.807, 2.05) is 13.8 Å². The number of carbonyl (C=O) groups is 3. The fraction of sp³-hybridized carbons (Fsp3) is 0.348. The third-order valence-corrected chi connectivity index (χ3v) is 5.11. The number of rotatable bonds is 5. The van der Waals surface area contributed by atoms with Crippen LogP contribution in [0.5, 0.6) is 0 Å². The Balaban J connectivity index is 1.58. The van der Waals surface area contributed by atoms with Crippen molar-refractivity contribution in [3.63, 3.8) is 0 Å². The summed E-state index contributed by atoms with van der Waals surface area (Å²) in [5.74, 6) is -1.24. The van der Waals surface area contributed by atoms with Crippen molar-refractivity contribution in [2.45, 2.75) is 26.7 Å². The molecule has 0 spiro atoms. The first-order chi connectivity index (χ1) is 14.3. The molecule has 0 aromatic heterocycles. The lowest BCUT2D eigenvalue weighted by Crippen LogP contribution is -2.43. The molecule has 3 amide bonds. The van der Waals surface area contributed by atoms with Crippen molar-refractivity contribution >= 4 is 29.1 Å². The highest BCUT2D eigenvalue weighted by atomic mass is 19.1. The Labute approximate surface area is 175 Å². The van der Waals surface area contributed by atoms with Crippen LogP contribution in [-0.4, -0.2) is 35.7 Å². The molecule has 1 fully saturated rings. The molecule has 2 N–H and O–H groups in total. The van der Waals surface area contributed by atoms with Crippen LogP contribution in [-0.2, 0) is 9.59 Å². The zero-order chi connectivity index (χ0) is 21.7. The van der Waals surface area contributed by atoms with Crippen molar-refractivity contribution in [1.82, 2.24) is 4.90 Å². The van der Waals surface area contributed by atoms with Gasteiger partial charge in [0.1, 0.15) is 5.82 Å². The molecule has 3 rings (SSSR count). The molecule has 2 aromatic rings. The summed E-state index contributed by atoms with van der Waals surface area (Å²) in [4.78, 5) is 38.7. The molecule has 1 heterocycles. The maximum Gasteiger partial charge on any atom is 0.253 e. The van der Waals surface area contributed by atoms with Gasteiger partial charge in [0.25, 0.3) is 5.91 Å². The molecule has 6 nitrogen and oxygen atoms in total. The minimum Gasteiger partial charge on any atom is -0.338 e. The molecular formula is C23H26FN3O3. The van der Waals surface area contributed by atoms with Crippen LogP contribution in [0, 0.1) is 17.7 Å². The quantitative estimate of drug-likeness (QED) is 0.783. The number of halogens is 1. The molecule has 0 bridgehead atoms. The fourth-order valence-corrected chi connectivity index (χ4v) is 3.32. The van der Waals surface area contributed by atoms with E-state index in [9.17, 15) is 18.8 Å². The molecule has 0 radical (unpaired) electrons. The number of nitrogens with zero attached hydrogens (tertiary/aromatic N) is 1. The number of anilines is 2. The van der Waals surface area contributed by atoms with Crippen LogP contribution in [0.15, 0.2) is 48.5 Å². The number of amides is 3. The monoisotopic (exact) mass is 411 g/mol. The summed E-state index contributed by atoms with van der Waals surface area (Å²) >= 11 is 0. The topological polar surface area (TPSA) is 78.5 Å². The number of likely N-dealkylation sites (tertiary alicyclic amines) is 1. The van der Waals surface area contributed by atoms with Crippen molar-refractivity contribution in [2.75, 3.05) is 23.7 Å². The smallest absolute Gasteiger partial charge is 0.253 e. The van der Waals surface area contributed by atoms with Crippen LogP contribution in [0.2, 0.25) is 0 Å². The Bertz CT molecular complexity index is 910. The van der Waals surface area contributed by atoms with Gasteiger partial charge in [-0.1, -0.05) is 13.8 Å². The van der Waals surface area contributed by atoms with Crippen LogP contribution in [0.4, 0.5) is 15.8 Å². The largest absolute Gasteiger partial charge is 0.338 e. The van der Waals surface area contributed by atoms with Crippen LogP contribution < -0.4 is 10.6 Å². The number of piperidine rings is 1. The van der Waals surface area contributed by atoms with Gasteiger partial charge in [-0.25, -0.2) is 4.39 Å². The minimum absolute atomic E-state index is 0.0695. The van der Waals surface area contributed by atoms with E-state index in [2.05, 4.69) is 10.6 Å². The number of benzene rings is 2. The van der Waals surface area contributed by atoms with Gasteiger partial charge in [0, 0.05) is 35.9 Å². The minimum atomic E-state index is -0.391. The van der Waals surface area contributed by atoms with Crippen LogP contribution in [0.3, 0.4) is 0 Å². The Morgan fingerprint density at radius 2 is 1.57 bits per heavy atom. The van der Waals surface area contributed by atoms with Gasteiger partial charge < -0.3 is 15.5 Å². The van der Waals surface area contributed by atoms with E-state index < -0.39 is 5.82 Å². The van der Waals surface area contributed by atoms with E-state index in [0.29, 0.717) is 36.4 Å². The zero-order valence-corrected chi connectivity index (χ0v) is 17.2.